The van der Waals surface area contributed by atoms with Crippen molar-refractivity contribution in [3.63, 3.8) is 0 Å². The highest BCUT2D eigenvalue weighted by Gasteiger charge is 2.17. The molecule has 1 aromatic heterocycles. The Morgan fingerprint density at radius 2 is 2.11 bits per heavy atom. The Hall–Kier alpha value is -2.07. The van der Waals surface area contributed by atoms with Crippen LogP contribution < -0.4 is 5.73 Å². The minimum Gasteiger partial charge on any atom is -0.436 e. The fourth-order valence-corrected chi connectivity index (χ4v) is 2.28. The Bertz CT molecular complexity index is 762. The summed E-state index contributed by atoms with van der Waals surface area (Å²) >= 11 is 6.00. The largest absolute Gasteiger partial charge is 0.436 e. The van der Waals surface area contributed by atoms with Gasteiger partial charge in [0.15, 0.2) is 5.58 Å². The van der Waals surface area contributed by atoms with Crippen molar-refractivity contribution in [2.45, 2.75) is 6.92 Å². The summed E-state index contributed by atoms with van der Waals surface area (Å²) in [6.45, 7) is 1.86. The maximum absolute atomic E-state index is 13.8. The highest BCUT2D eigenvalue weighted by Crippen LogP contribution is 2.33. The molecule has 0 fully saturated rings. The van der Waals surface area contributed by atoms with Gasteiger partial charge in [-0.05, 0) is 36.8 Å². The smallest absolute Gasteiger partial charge is 0.231 e. The summed E-state index contributed by atoms with van der Waals surface area (Å²) in [7, 11) is 0. The summed E-state index contributed by atoms with van der Waals surface area (Å²) in [5.74, 6) is -0.309. The topological polar surface area (TPSA) is 52.0 Å². The zero-order valence-electron chi connectivity index (χ0n) is 10.1. The molecule has 0 saturated heterocycles. The molecule has 96 valence electrons. The third kappa shape index (κ3) is 1.94. The molecule has 0 aliphatic heterocycles. The molecule has 3 aromatic rings. The molecule has 0 aliphatic rings. The molecular formula is C14H10ClFN2O. The van der Waals surface area contributed by atoms with E-state index in [0.29, 0.717) is 16.8 Å². The molecule has 0 atom stereocenters. The Morgan fingerprint density at radius 3 is 2.84 bits per heavy atom. The lowest BCUT2D eigenvalue weighted by molar-refractivity contribution is 0.592. The fraction of sp³-hybridized carbons (Fsp3) is 0.0714. The predicted molar refractivity (Wildman–Crippen MR) is 73.6 cm³/mol. The van der Waals surface area contributed by atoms with Crippen molar-refractivity contribution in [1.29, 1.82) is 0 Å². The van der Waals surface area contributed by atoms with E-state index < -0.39 is 5.82 Å². The lowest BCUT2D eigenvalue weighted by Gasteiger charge is -2.00. The van der Waals surface area contributed by atoms with Crippen LogP contribution >= 0.6 is 11.6 Å². The Morgan fingerprint density at radius 1 is 1.32 bits per heavy atom. The maximum atomic E-state index is 13.8. The zero-order chi connectivity index (χ0) is 13.6. The number of aromatic nitrogens is 1. The number of aryl methyl sites for hydroxylation is 1. The standard InChI is InChI=1S/C14H10ClFN2O/c1-7-5-8(17)6-11-13(7)19-14(18-11)12-9(15)3-2-4-10(12)16/h2-6H,17H2,1H3. The second-order valence-electron chi connectivity index (χ2n) is 4.30. The number of anilines is 1. The number of halogens is 2. The van der Waals surface area contributed by atoms with Crippen LogP contribution in [0.4, 0.5) is 10.1 Å². The van der Waals surface area contributed by atoms with Crippen LogP contribution in [0.5, 0.6) is 0 Å². The minimum atomic E-state index is -0.468. The van der Waals surface area contributed by atoms with E-state index in [9.17, 15) is 4.39 Å². The van der Waals surface area contributed by atoms with Crippen molar-refractivity contribution in [2.75, 3.05) is 5.73 Å². The molecule has 0 bridgehead atoms. The number of nitrogens with two attached hydrogens (primary N) is 1. The summed E-state index contributed by atoms with van der Waals surface area (Å²) < 4.78 is 19.4. The fourth-order valence-electron chi connectivity index (χ4n) is 2.04. The molecule has 5 heteroatoms. The maximum Gasteiger partial charge on any atom is 0.231 e. The molecule has 0 aliphatic carbocycles. The Kier molecular flexibility index (Phi) is 2.68. The van der Waals surface area contributed by atoms with Crippen LogP contribution in [0, 0.1) is 12.7 Å². The third-order valence-corrected chi connectivity index (χ3v) is 3.19. The van der Waals surface area contributed by atoms with E-state index >= 15 is 0 Å². The lowest BCUT2D eigenvalue weighted by Crippen LogP contribution is -1.86. The summed E-state index contributed by atoms with van der Waals surface area (Å²) in [5, 5.41) is 0.261. The number of hydrogen-bond donors (Lipinski definition) is 1. The Balaban J connectivity index is 2.30. The van der Waals surface area contributed by atoms with Crippen molar-refractivity contribution in [1.82, 2.24) is 4.98 Å². The number of nitrogens with zero attached hydrogens (tertiary/aromatic N) is 1. The lowest BCUT2D eigenvalue weighted by atomic mass is 10.2. The molecule has 19 heavy (non-hydrogen) atoms. The number of rotatable bonds is 1. The summed E-state index contributed by atoms with van der Waals surface area (Å²) in [6.07, 6.45) is 0. The first-order chi connectivity index (χ1) is 9.06. The molecule has 2 aromatic carbocycles. The normalized spacial score (nSPS) is 11.1. The van der Waals surface area contributed by atoms with E-state index in [1.54, 1.807) is 18.2 Å². The van der Waals surface area contributed by atoms with Crippen LogP contribution in [0.2, 0.25) is 5.02 Å². The number of hydrogen-bond acceptors (Lipinski definition) is 3. The molecule has 1 heterocycles. The predicted octanol–water partition coefficient (Wildman–Crippen LogP) is 4.18. The molecular weight excluding hydrogens is 267 g/mol. The highest BCUT2D eigenvalue weighted by atomic mass is 35.5. The van der Waals surface area contributed by atoms with Crippen molar-refractivity contribution in [2.24, 2.45) is 0 Å². The first-order valence-electron chi connectivity index (χ1n) is 5.67. The van der Waals surface area contributed by atoms with Gasteiger partial charge in [0.1, 0.15) is 11.3 Å². The monoisotopic (exact) mass is 276 g/mol. The molecule has 0 unspecified atom stereocenters. The van der Waals surface area contributed by atoms with Gasteiger partial charge in [0.05, 0.1) is 10.6 Å². The number of benzene rings is 2. The molecule has 3 nitrogen and oxygen atoms in total. The van der Waals surface area contributed by atoms with Gasteiger partial charge in [0, 0.05) is 5.69 Å². The molecule has 0 amide bonds. The van der Waals surface area contributed by atoms with Crippen molar-refractivity contribution in [3.05, 3.63) is 46.7 Å². The molecule has 0 saturated carbocycles. The van der Waals surface area contributed by atoms with Gasteiger partial charge in [0.2, 0.25) is 5.89 Å². The molecule has 2 N–H and O–H groups in total. The number of nitrogen functional groups attached to an aromatic ring is 1. The van der Waals surface area contributed by atoms with Gasteiger partial charge in [-0.1, -0.05) is 17.7 Å². The average molecular weight is 277 g/mol. The van der Waals surface area contributed by atoms with E-state index in [-0.39, 0.29) is 16.5 Å². The molecule has 0 radical (unpaired) electrons. The summed E-state index contributed by atoms with van der Waals surface area (Å²) in [6, 6.07) is 7.91. The van der Waals surface area contributed by atoms with E-state index in [4.69, 9.17) is 21.8 Å². The molecule has 0 spiro atoms. The van der Waals surface area contributed by atoms with Gasteiger partial charge < -0.3 is 10.2 Å². The van der Waals surface area contributed by atoms with Crippen molar-refractivity contribution in [3.8, 4) is 11.5 Å². The quantitative estimate of drug-likeness (QED) is 0.678. The second-order valence-corrected chi connectivity index (χ2v) is 4.71. The first-order valence-corrected chi connectivity index (χ1v) is 6.05. The van der Waals surface area contributed by atoms with Crippen LogP contribution in [0.25, 0.3) is 22.6 Å². The average Bonchev–Trinajstić information content (AvgIpc) is 2.72. The Labute approximate surface area is 113 Å². The van der Waals surface area contributed by atoms with Crippen LogP contribution in [0.3, 0.4) is 0 Å². The van der Waals surface area contributed by atoms with Gasteiger partial charge >= 0.3 is 0 Å². The van der Waals surface area contributed by atoms with Crippen LogP contribution in [-0.2, 0) is 0 Å². The van der Waals surface area contributed by atoms with Gasteiger partial charge in [-0.2, -0.15) is 0 Å². The zero-order valence-corrected chi connectivity index (χ0v) is 10.8. The van der Waals surface area contributed by atoms with Gasteiger partial charge in [0.25, 0.3) is 0 Å². The minimum absolute atomic E-state index is 0.159. The first kappa shape index (κ1) is 12.0. The second kappa shape index (κ2) is 4.24. The third-order valence-electron chi connectivity index (χ3n) is 2.87. The summed E-state index contributed by atoms with van der Waals surface area (Å²) in [4.78, 5) is 4.26. The summed E-state index contributed by atoms with van der Waals surface area (Å²) in [5.41, 5.74) is 8.53. The molecule has 3 rings (SSSR count). The number of fused-ring (bicyclic) bond motifs is 1. The van der Waals surface area contributed by atoms with Crippen molar-refractivity contribution < 1.29 is 8.81 Å². The van der Waals surface area contributed by atoms with Gasteiger partial charge in [-0.25, -0.2) is 9.37 Å². The van der Waals surface area contributed by atoms with E-state index in [2.05, 4.69) is 4.98 Å². The van der Waals surface area contributed by atoms with E-state index in [1.165, 1.54) is 12.1 Å². The highest BCUT2D eigenvalue weighted by molar-refractivity contribution is 6.33. The van der Waals surface area contributed by atoms with Crippen LogP contribution in [-0.4, -0.2) is 4.98 Å². The van der Waals surface area contributed by atoms with Crippen LogP contribution in [0.1, 0.15) is 5.56 Å². The van der Waals surface area contributed by atoms with E-state index in [0.717, 1.165) is 5.56 Å². The number of oxazole rings is 1. The van der Waals surface area contributed by atoms with E-state index in [1.807, 2.05) is 6.92 Å². The SMILES string of the molecule is Cc1cc(N)cc2nc(-c3c(F)cccc3Cl)oc12. The van der Waals surface area contributed by atoms with Gasteiger partial charge in [-0.3, -0.25) is 0 Å². The van der Waals surface area contributed by atoms with Gasteiger partial charge in [-0.15, -0.1) is 0 Å². The van der Waals surface area contributed by atoms with Crippen molar-refractivity contribution >= 4 is 28.4 Å². The van der Waals surface area contributed by atoms with Crippen LogP contribution in [0.15, 0.2) is 34.7 Å².